The topological polar surface area (TPSA) is 73.8 Å². The summed E-state index contributed by atoms with van der Waals surface area (Å²) in [5, 5.41) is 0. The van der Waals surface area contributed by atoms with Crippen molar-refractivity contribution in [3.05, 3.63) is 59.9 Å². The monoisotopic (exact) mass is 404 g/mol. The van der Waals surface area contributed by atoms with Crippen LogP contribution >= 0.6 is 0 Å². The molecule has 2 atom stereocenters. The molecule has 0 unspecified atom stereocenters. The van der Waals surface area contributed by atoms with Crippen LogP contribution in [0.4, 0.5) is 5.69 Å². The summed E-state index contributed by atoms with van der Waals surface area (Å²) in [6.07, 6.45) is 6.19. The third-order valence-electron chi connectivity index (χ3n) is 6.70. The first-order valence-electron chi connectivity index (χ1n) is 10.4. The van der Waals surface area contributed by atoms with E-state index in [1.807, 2.05) is 36.1 Å². The van der Waals surface area contributed by atoms with Crippen LogP contribution in [0.15, 0.2) is 48.8 Å². The molecule has 3 aliphatic rings. The van der Waals surface area contributed by atoms with Gasteiger partial charge in [0.05, 0.1) is 17.3 Å². The Hall–Kier alpha value is -3.22. The number of nitrogens with zero attached hydrogens (tertiary/aromatic N) is 4. The molecule has 1 aromatic carbocycles. The third kappa shape index (κ3) is 2.72. The molecule has 2 saturated heterocycles. The highest BCUT2D eigenvalue weighted by Gasteiger charge is 2.53. The van der Waals surface area contributed by atoms with Crippen molar-refractivity contribution >= 4 is 23.4 Å². The number of likely N-dealkylation sites (tertiary alicyclic amines) is 1. The molecule has 1 aromatic heterocycles. The molecule has 30 heavy (non-hydrogen) atoms. The number of hydrogen-bond acceptors (Lipinski definition) is 4. The fourth-order valence-electron chi connectivity index (χ4n) is 5.16. The molecule has 0 aliphatic carbocycles. The van der Waals surface area contributed by atoms with E-state index < -0.39 is 5.66 Å². The highest BCUT2D eigenvalue weighted by molar-refractivity contribution is 6.11. The summed E-state index contributed by atoms with van der Waals surface area (Å²) in [7, 11) is 0. The predicted molar refractivity (Wildman–Crippen MR) is 111 cm³/mol. The molecule has 7 nitrogen and oxygen atoms in total. The van der Waals surface area contributed by atoms with Crippen molar-refractivity contribution < 1.29 is 14.4 Å². The van der Waals surface area contributed by atoms with Gasteiger partial charge in [0.15, 0.2) is 0 Å². The summed E-state index contributed by atoms with van der Waals surface area (Å²) >= 11 is 0. The molecule has 2 aromatic rings. The van der Waals surface area contributed by atoms with Gasteiger partial charge in [0.2, 0.25) is 11.8 Å². The molecule has 0 saturated carbocycles. The minimum atomic E-state index is -0.815. The number of amides is 3. The van der Waals surface area contributed by atoms with Crippen LogP contribution in [0, 0.1) is 0 Å². The second kappa shape index (κ2) is 6.93. The van der Waals surface area contributed by atoms with Gasteiger partial charge in [-0.1, -0.05) is 12.1 Å². The van der Waals surface area contributed by atoms with Crippen LogP contribution in [0.1, 0.15) is 54.6 Å². The van der Waals surface area contributed by atoms with Crippen LogP contribution in [-0.2, 0) is 9.59 Å². The van der Waals surface area contributed by atoms with E-state index in [0.29, 0.717) is 30.6 Å². The van der Waals surface area contributed by atoms with E-state index in [4.69, 9.17) is 0 Å². The molecule has 0 spiro atoms. The van der Waals surface area contributed by atoms with Crippen LogP contribution in [0.5, 0.6) is 0 Å². The van der Waals surface area contributed by atoms with E-state index in [-0.39, 0.29) is 30.3 Å². The SMILES string of the molecule is C[C@]12CCC(=O)N1c1ccccc1C(=O)N2CC(=O)N1CCC[C@@H]1c1ccncc1. The molecule has 7 heteroatoms. The van der Waals surface area contributed by atoms with Gasteiger partial charge in [0.1, 0.15) is 12.2 Å². The summed E-state index contributed by atoms with van der Waals surface area (Å²) in [6, 6.07) is 11.1. The Morgan fingerprint density at radius 2 is 1.93 bits per heavy atom. The molecule has 5 rings (SSSR count). The molecule has 154 valence electrons. The minimum absolute atomic E-state index is 0.00166. The van der Waals surface area contributed by atoms with Crippen LogP contribution in [0.3, 0.4) is 0 Å². The van der Waals surface area contributed by atoms with Crippen molar-refractivity contribution in [3.63, 3.8) is 0 Å². The number of benzene rings is 1. The number of para-hydroxylation sites is 1. The quantitative estimate of drug-likeness (QED) is 0.789. The summed E-state index contributed by atoms with van der Waals surface area (Å²) < 4.78 is 0. The van der Waals surface area contributed by atoms with Crippen molar-refractivity contribution in [2.24, 2.45) is 0 Å². The summed E-state index contributed by atoms with van der Waals surface area (Å²) in [5.41, 5.74) is 1.37. The van der Waals surface area contributed by atoms with Gasteiger partial charge in [0.25, 0.3) is 5.91 Å². The van der Waals surface area contributed by atoms with Gasteiger partial charge in [-0.3, -0.25) is 24.3 Å². The Bertz CT molecular complexity index is 1020. The molecule has 2 fully saturated rings. The first-order valence-corrected chi connectivity index (χ1v) is 10.4. The van der Waals surface area contributed by atoms with Crippen molar-refractivity contribution in [2.45, 2.75) is 44.3 Å². The van der Waals surface area contributed by atoms with Gasteiger partial charge in [0, 0.05) is 25.4 Å². The maximum Gasteiger partial charge on any atom is 0.258 e. The van der Waals surface area contributed by atoms with Gasteiger partial charge < -0.3 is 9.80 Å². The Balaban J connectivity index is 1.46. The average Bonchev–Trinajstić information content (AvgIpc) is 3.37. The van der Waals surface area contributed by atoms with Gasteiger partial charge in [-0.25, -0.2) is 0 Å². The number of anilines is 1. The second-order valence-corrected chi connectivity index (χ2v) is 8.38. The summed E-state index contributed by atoms with van der Waals surface area (Å²) in [4.78, 5) is 48.7. The lowest BCUT2D eigenvalue weighted by Crippen LogP contribution is -2.64. The maximum absolute atomic E-state index is 13.4. The standard InChI is InChI=1S/C23H24N4O3/c1-23-11-8-20(28)27(23)19-6-3-2-5-17(19)22(30)26(23)15-21(29)25-14-4-7-18(25)16-9-12-24-13-10-16/h2-3,5-6,9-10,12-13,18H,4,7-8,11,14-15H2,1H3/t18-,23-/m1/s1. The van der Waals surface area contributed by atoms with Crippen LogP contribution in [0.25, 0.3) is 0 Å². The Labute approximate surface area is 175 Å². The molecule has 0 radical (unpaired) electrons. The number of pyridine rings is 1. The highest BCUT2D eigenvalue weighted by Crippen LogP contribution is 2.44. The lowest BCUT2D eigenvalue weighted by Gasteiger charge is -2.48. The molecule has 3 amide bonds. The van der Waals surface area contributed by atoms with E-state index in [0.717, 1.165) is 18.4 Å². The molecule has 4 heterocycles. The zero-order chi connectivity index (χ0) is 20.9. The van der Waals surface area contributed by atoms with Crippen molar-refractivity contribution in [1.29, 1.82) is 0 Å². The summed E-state index contributed by atoms with van der Waals surface area (Å²) in [5.74, 6) is -0.277. The molecular weight excluding hydrogens is 380 g/mol. The number of aromatic nitrogens is 1. The van der Waals surface area contributed by atoms with Crippen molar-refractivity contribution in [1.82, 2.24) is 14.8 Å². The lowest BCUT2D eigenvalue weighted by molar-refractivity contribution is -0.134. The largest absolute Gasteiger partial charge is 0.334 e. The molecule has 0 bridgehead atoms. The van der Waals surface area contributed by atoms with E-state index in [1.165, 1.54) is 0 Å². The molecule has 0 N–H and O–H groups in total. The normalized spacial score (nSPS) is 25.5. The van der Waals surface area contributed by atoms with Crippen molar-refractivity contribution in [3.8, 4) is 0 Å². The number of carbonyl (C=O) groups excluding carboxylic acids is 3. The number of hydrogen-bond donors (Lipinski definition) is 0. The fraction of sp³-hybridized carbons (Fsp3) is 0.391. The first kappa shape index (κ1) is 18.8. The lowest BCUT2D eigenvalue weighted by atomic mass is 9.98. The van der Waals surface area contributed by atoms with E-state index in [9.17, 15) is 14.4 Å². The van der Waals surface area contributed by atoms with E-state index in [2.05, 4.69) is 4.98 Å². The maximum atomic E-state index is 13.4. The molecular formula is C23H24N4O3. The second-order valence-electron chi connectivity index (χ2n) is 8.38. The summed E-state index contributed by atoms with van der Waals surface area (Å²) in [6.45, 7) is 2.53. The molecule has 3 aliphatic heterocycles. The van der Waals surface area contributed by atoms with Gasteiger partial charge in [-0.05, 0) is 56.0 Å². The fourth-order valence-corrected chi connectivity index (χ4v) is 5.16. The minimum Gasteiger partial charge on any atom is -0.334 e. The van der Waals surface area contributed by atoms with Crippen molar-refractivity contribution in [2.75, 3.05) is 18.0 Å². The highest BCUT2D eigenvalue weighted by atomic mass is 16.2. The zero-order valence-electron chi connectivity index (χ0n) is 17.0. The van der Waals surface area contributed by atoms with E-state index >= 15 is 0 Å². The zero-order valence-corrected chi connectivity index (χ0v) is 17.0. The third-order valence-corrected chi connectivity index (χ3v) is 6.70. The van der Waals surface area contributed by atoms with Gasteiger partial charge in [-0.15, -0.1) is 0 Å². The Morgan fingerprint density at radius 1 is 1.17 bits per heavy atom. The van der Waals surface area contributed by atoms with Crippen LogP contribution in [-0.4, -0.2) is 51.3 Å². The van der Waals surface area contributed by atoms with E-state index in [1.54, 1.807) is 34.3 Å². The number of rotatable bonds is 3. The predicted octanol–water partition coefficient (Wildman–Crippen LogP) is 2.74. The van der Waals surface area contributed by atoms with Crippen LogP contribution < -0.4 is 4.90 Å². The smallest absolute Gasteiger partial charge is 0.258 e. The van der Waals surface area contributed by atoms with Gasteiger partial charge >= 0.3 is 0 Å². The number of carbonyl (C=O) groups is 3. The van der Waals surface area contributed by atoms with Gasteiger partial charge in [-0.2, -0.15) is 0 Å². The first-order chi connectivity index (χ1) is 14.5. The Morgan fingerprint density at radius 3 is 2.73 bits per heavy atom. The van der Waals surface area contributed by atoms with Crippen LogP contribution in [0.2, 0.25) is 0 Å². The Kier molecular flexibility index (Phi) is 4.34. The number of fused-ring (bicyclic) bond motifs is 3. The average molecular weight is 404 g/mol.